The molecule has 1 aliphatic carbocycles. The van der Waals surface area contributed by atoms with E-state index in [1.165, 1.54) is 11.9 Å². The lowest BCUT2D eigenvalue weighted by molar-refractivity contribution is -0.138. The van der Waals surface area contributed by atoms with Gasteiger partial charge in [0.25, 0.3) is 5.91 Å². The first-order valence-electron chi connectivity index (χ1n) is 9.80. The third-order valence-corrected chi connectivity index (χ3v) is 6.05. The summed E-state index contributed by atoms with van der Waals surface area (Å²) in [5.74, 6) is -0.0566. The molecular formula is C21H22ClN3O4. The molecule has 152 valence electrons. The topological polar surface area (TPSA) is 92.6 Å². The standard InChI is InChI=1S/C21H22ClN3O4/c22-19-18-20(24-12-23-19)29-10-9-25(21(18)28)16-7-5-15(6-8-16)14-3-1-13(2-4-14)11-17(26)27/h5-8,12-14H,1-4,9-11H2,(H,26,27)/t13-,14-. The molecule has 1 amide bonds. The molecule has 4 rings (SSSR count). The summed E-state index contributed by atoms with van der Waals surface area (Å²) in [7, 11) is 0. The number of rotatable bonds is 4. The number of anilines is 1. The number of hydrogen-bond donors (Lipinski definition) is 1. The van der Waals surface area contributed by atoms with Gasteiger partial charge in [-0.25, -0.2) is 9.97 Å². The average Bonchev–Trinajstić information content (AvgIpc) is 2.88. The van der Waals surface area contributed by atoms with E-state index in [0.717, 1.165) is 31.4 Å². The molecule has 1 aromatic heterocycles. The van der Waals surface area contributed by atoms with E-state index in [0.29, 0.717) is 19.1 Å². The fourth-order valence-corrected chi connectivity index (χ4v) is 4.43. The van der Waals surface area contributed by atoms with Crippen LogP contribution in [0.25, 0.3) is 0 Å². The van der Waals surface area contributed by atoms with Gasteiger partial charge in [0.15, 0.2) is 0 Å². The lowest BCUT2D eigenvalue weighted by atomic mass is 9.77. The van der Waals surface area contributed by atoms with Gasteiger partial charge in [-0.2, -0.15) is 0 Å². The molecule has 1 aliphatic heterocycles. The fraction of sp³-hybridized carbons (Fsp3) is 0.429. The van der Waals surface area contributed by atoms with Gasteiger partial charge in [0, 0.05) is 12.1 Å². The number of benzene rings is 1. The van der Waals surface area contributed by atoms with Crippen LogP contribution in [0.1, 0.15) is 53.9 Å². The predicted octanol–water partition coefficient (Wildman–Crippen LogP) is 3.92. The number of hydrogen-bond acceptors (Lipinski definition) is 5. The van der Waals surface area contributed by atoms with Crippen molar-refractivity contribution in [2.75, 3.05) is 18.1 Å². The molecule has 0 saturated heterocycles. The van der Waals surface area contributed by atoms with Crippen LogP contribution in [-0.4, -0.2) is 40.1 Å². The Balaban J connectivity index is 1.48. The zero-order chi connectivity index (χ0) is 20.4. The highest BCUT2D eigenvalue weighted by Gasteiger charge is 2.29. The molecule has 1 saturated carbocycles. The van der Waals surface area contributed by atoms with E-state index < -0.39 is 5.97 Å². The van der Waals surface area contributed by atoms with Gasteiger partial charge in [-0.3, -0.25) is 9.59 Å². The summed E-state index contributed by atoms with van der Waals surface area (Å²) in [4.78, 5) is 33.5. The van der Waals surface area contributed by atoms with Gasteiger partial charge in [-0.15, -0.1) is 0 Å². The molecule has 2 heterocycles. The summed E-state index contributed by atoms with van der Waals surface area (Å²) in [5.41, 5.74) is 2.19. The number of nitrogens with zero attached hydrogens (tertiary/aromatic N) is 3. The molecule has 7 nitrogen and oxygen atoms in total. The summed E-state index contributed by atoms with van der Waals surface area (Å²) < 4.78 is 5.57. The molecule has 29 heavy (non-hydrogen) atoms. The molecule has 0 bridgehead atoms. The second-order valence-corrected chi connectivity index (χ2v) is 7.91. The van der Waals surface area contributed by atoms with Crippen LogP contribution in [-0.2, 0) is 4.79 Å². The number of ether oxygens (including phenoxy) is 1. The van der Waals surface area contributed by atoms with Crippen LogP contribution in [0.2, 0.25) is 5.15 Å². The summed E-state index contributed by atoms with van der Waals surface area (Å²) in [5, 5.41) is 9.05. The average molecular weight is 416 g/mol. The zero-order valence-electron chi connectivity index (χ0n) is 15.9. The maximum absolute atomic E-state index is 13.0. The third-order valence-electron chi connectivity index (χ3n) is 5.77. The molecule has 2 aromatic rings. The normalized spacial score (nSPS) is 21.8. The maximum atomic E-state index is 13.0. The smallest absolute Gasteiger partial charge is 0.303 e. The SMILES string of the molecule is O=C(O)C[C@H]1CC[C@H](c2ccc(N3CCOc4ncnc(Cl)c4C3=O)cc2)CC1. The predicted molar refractivity (Wildman–Crippen MR) is 108 cm³/mol. The van der Waals surface area contributed by atoms with E-state index in [2.05, 4.69) is 22.1 Å². The minimum absolute atomic E-state index is 0.0849. The minimum atomic E-state index is -0.712. The number of fused-ring (bicyclic) bond motifs is 1. The number of aromatic nitrogens is 2. The summed E-state index contributed by atoms with van der Waals surface area (Å²) in [6, 6.07) is 8.00. The van der Waals surface area contributed by atoms with Gasteiger partial charge in [-0.1, -0.05) is 23.7 Å². The van der Waals surface area contributed by atoms with Gasteiger partial charge in [0.05, 0.1) is 6.54 Å². The van der Waals surface area contributed by atoms with Crippen molar-refractivity contribution < 1.29 is 19.4 Å². The van der Waals surface area contributed by atoms with E-state index in [9.17, 15) is 9.59 Å². The molecule has 1 aromatic carbocycles. The Morgan fingerprint density at radius 3 is 2.59 bits per heavy atom. The summed E-state index contributed by atoms with van der Waals surface area (Å²) >= 11 is 6.12. The number of amides is 1. The lowest BCUT2D eigenvalue weighted by Gasteiger charge is -2.28. The van der Waals surface area contributed by atoms with Crippen molar-refractivity contribution in [2.45, 2.75) is 38.0 Å². The first-order valence-corrected chi connectivity index (χ1v) is 10.2. The monoisotopic (exact) mass is 415 g/mol. The molecule has 2 aliphatic rings. The number of halogens is 1. The Morgan fingerprint density at radius 1 is 1.17 bits per heavy atom. The molecule has 1 N–H and O–H groups in total. The number of aliphatic carboxylic acids is 1. The maximum Gasteiger partial charge on any atom is 0.303 e. The van der Waals surface area contributed by atoms with Gasteiger partial charge >= 0.3 is 5.97 Å². The molecule has 0 spiro atoms. The molecule has 8 heteroatoms. The lowest BCUT2D eigenvalue weighted by Crippen LogP contribution is -2.32. The van der Waals surface area contributed by atoms with Crippen LogP contribution >= 0.6 is 11.6 Å². The van der Waals surface area contributed by atoms with Gasteiger partial charge < -0.3 is 14.7 Å². The summed E-state index contributed by atoms with van der Waals surface area (Å²) in [6.45, 7) is 0.715. The highest BCUT2D eigenvalue weighted by Crippen LogP contribution is 2.38. The molecule has 0 atom stereocenters. The number of carboxylic acid groups (broad SMARTS) is 1. The molecule has 0 radical (unpaired) electrons. The van der Waals surface area contributed by atoms with Crippen LogP contribution < -0.4 is 9.64 Å². The number of carbonyl (C=O) groups excluding carboxylic acids is 1. The molecule has 1 fully saturated rings. The van der Waals surface area contributed by atoms with E-state index in [-0.39, 0.29) is 34.8 Å². The van der Waals surface area contributed by atoms with Crippen molar-refractivity contribution in [3.05, 3.63) is 46.9 Å². The second kappa shape index (κ2) is 8.37. The first-order chi connectivity index (χ1) is 14.0. The Bertz CT molecular complexity index is 911. The number of carbonyl (C=O) groups is 2. The van der Waals surface area contributed by atoms with E-state index >= 15 is 0 Å². The Kier molecular flexibility index (Phi) is 5.67. The molecule has 0 unspecified atom stereocenters. The van der Waals surface area contributed by atoms with Crippen LogP contribution in [0.3, 0.4) is 0 Å². The van der Waals surface area contributed by atoms with Crippen molar-refractivity contribution >= 4 is 29.2 Å². The Labute approximate surface area is 173 Å². The summed E-state index contributed by atoms with van der Waals surface area (Å²) in [6.07, 6.45) is 5.41. The van der Waals surface area contributed by atoms with E-state index in [1.54, 1.807) is 4.90 Å². The third kappa shape index (κ3) is 4.19. The van der Waals surface area contributed by atoms with Crippen molar-refractivity contribution in [2.24, 2.45) is 5.92 Å². The van der Waals surface area contributed by atoms with Crippen molar-refractivity contribution in [1.82, 2.24) is 9.97 Å². The van der Waals surface area contributed by atoms with Gasteiger partial charge in [0.1, 0.15) is 23.7 Å². The molecular weight excluding hydrogens is 394 g/mol. The van der Waals surface area contributed by atoms with Crippen LogP contribution in [0.15, 0.2) is 30.6 Å². The van der Waals surface area contributed by atoms with Crippen molar-refractivity contribution in [3.8, 4) is 5.88 Å². The van der Waals surface area contributed by atoms with Crippen molar-refractivity contribution in [3.63, 3.8) is 0 Å². The van der Waals surface area contributed by atoms with Crippen LogP contribution in [0.5, 0.6) is 5.88 Å². The Morgan fingerprint density at radius 2 is 1.90 bits per heavy atom. The fourth-order valence-electron chi connectivity index (χ4n) is 4.23. The van der Waals surface area contributed by atoms with Crippen molar-refractivity contribution in [1.29, 1.82) is 0 Å². The quantitative estimate of drug-likeness (QED) is 0.761. The largest absolute Gasteiger partial charge is 0.481 e. The minimum Gasteiger partial charge on any atom is -0.481 e. The Hall–Kier alpha value is -2.67. The first kappa shape index (κ1) is 19.6. The van der Waals surface area contributed by atoms with E-state index in [1.807, 2.05) is 12.1 Å². The van der Waals surface area contributed by atoms with Gasteiger partial charge in [-0.05, 0) is 55.2 Å². The van der Waals surface area contributed by atoms with Crippen LogP contribution in [0, 0.1) is 5.92 Å². The highest BCUT2D eigenvalue weighted by atomic mass is 35.5. The van der Waals surface area contributed by atoms with Gasteiger partial charge in [0.2, 0.25) is 5.88 Å². The highest BCUT2D eigenvalue weighted by molar-refractivity contribution is 6.33. The zero-order valence-corrected chi connectivity index (χ0v) is 16.6. The van der Waals surface area contributed by atoms with Crippen LogP contribution in [0.4, 0.5) is 5.69 Å². The van der Waals surface area contributed by atoms with E-state index in [4.69, 9.17) is 21.4 Å². The number of carboxylic acids is 1. The second-order valence-electron chi connectivity index (χ2n) is 7.56.